The van der Waals surface area contributed by atoms with Crippen LogP contribution >= 0.6 is 0 Å². The Bertz CT molecular complexity index is 482. The summed E-state index contributed by atoms with van der Waals surface area (Å²) in [6, 6.07) is 2.83. The van der Waals surface area contributed by atoms with Gasteiger partial charge in [-0.1, -0.05) is 0 Å². The van der Waals surface area contributed by atoms with Crippen molar-refractivity contribution in [1.29, 1.82) is 0 Å². The van der Waals surface area contributed by atoms with Gasteiger partial charge >= 0.3 is 6.55 Å². The van der Waals surface area contributed by atoms with Crippen LogP contribution in [0.2, 0.25) is 0 Å². The smallest absolute Gasteiger partial charge is 0.319 e. The molecule has 1 atom stereocenters. The first-order valence-electron chi connectivity index (χ1n) is 6.60. The lowest BCUT2D eigenvalue weighted by Crippen LogP contribution is -2.52. The number of piperidine rings is 1. The van der Waals surface area contributed by atoms with Gasteiger partial charge in [0.2, 0.25) is 0 Å². The predicted octanol–water partition coefficient (Wildman–Crippen LogP) is 1.04. The van der Waals surface area contributed by atoms with E-state index in [1.54, 1.807) is 0 Å². The molecule has 2 rings (SSSR count). The normalized spacial score (nSPS) is 23.1. The standard InChI is InChI=1S/C13H19F2N3O2/c1-9-3-4-10(18(9)12(14)15)11(19)17-8-13(20)5-2-6-16-7-13/h3-4,12,16,20H,2,5-8H2,1H3,(H,17,19)/t13-/m0/s1. The van der Waals surface area contributed by atoms with E-state index in [0.717, 1.165) is 13.0 Å². The molecule has 20 heavy (non-hydrogen) atoms. The van der Waals surface area contributed by atoms with Crippen LogP contribution in [0.25, 0.3) is 0 Å². The molecule has 0 aliphatic carbocycles. The van der Waals surface area contributed by atoms with E-state index < -0.39 is 18.1 Å². The summed E-state index contributed by atoms with van der Waals surface area (Å²) in [5, 5.41) is 15.8. The minimum Gasteiger partial charge on any atom is -0.387 e. The Morgan fingerprint density at radius 3 is 2.95 bits per heavy atom. The van der Waals surface area contributed by atoms with E-state index in [0.29, 0.717) is 23.2 Å². The summed E-state index contributed by atoms with van der Waals surface area (Å²) in [5.74, 6) is -0.600. The van der Waals surface area contributed by atoms with Crippen LogP contribution in [0.4, 0.5) is 8.78 Å². The molecule has 0 aromatic carbocycles. The molecular formula is C13H19F2N3O2. The summed E-state index contributed by atoms with van der Waals surface area (Å²) in [6.45, 7) is 0.0323. The number of hydrogen-bond donors (Lipinski definition) is 3. The first-order chi connectivity index (χ1) is 9.43. The van der Waals surface area contributed by atoms with Crippen molar-refractivity contribution in [3.63, 3.8) is 0 Å². The number of alkyl halides is 2. The molecule has 1 aliphatic heterocycles. The summed E-state index contributed by atoms with van der Waals surface area (Å²) in [6.07, 6.45) is 1.40. The van der Waals surface area contributed by atoms with Crippen LogP contribution in [0.1, 0.15) is 35.6 Å². The van der Waals surface area contributed by atoms with Gasteiger partial charge in [0.05, 0.1) is 5.60 Å². The zero-order valence-corrected chi connectivity index (χ0v) is 11.3. The fourth-order valence-electron chi connectivity index (χ4n) is 2.43. The Morgan fingerprint density at radius 1 is 1.60 bits per heavy atom. The number of carbonyl (C=O) groups is 1. The van der Waals surface area contributed by atoms with E-state index in [2.05, 4.69) is 10.6 Å². The van der Waals surface area contributed by atoms with Crippen LogP contribution in [-0.4, -0.2) is 40.8 Å². The number of carbonyl (C=O) groups excluding carboxylic acids is 1. The van der Waals surface area contributed by atoms with Crippen LogP contribution in [0, 0.1) is 6.92 Å². The van der Waals surface area contributed by atoms with Crippen molar-refractivity contribution in [2.24, 2.45) is 0 Å². The summed E-state index contributed by atoms with van der Waals surface area (Å²) < 4.78 is 26.4. The van der Waals surface area contributed by atoms with Crippen molar-refractivity contribution < 1.29 is 18.7 Å². The highest BCUT2D eigenvalue weighted by Crippen LogP contribution is 2.19. The number of amides is 1. The maximum Gasteiger partial charge on any atom is 0.319 e. The second-order valence-corrected chi connectivity index (χ2v) is 5.19. The largest absolute Gasteiger partial charge is 0.387 e. The third-order valence-corrected chi connectivity index (χ3v) is 3.58. The van der Waals surface area contributed by atoms with Crippen molar-refractivity contribution in [3.05, 3.63) is 23.5 Å². The van der Waals surface area contributed by atoms with Gasteiger partial charge in [-0.05, 0) is 38.4 Å². The number of aromatic nitrogens is 1. The molecule has 5 nitrogen and oxygen atoms in total. The topological polar surface area (TPSA) is 66.3 Å². The molecule has 112 valence electrons. The Kier molecular flexibility index (Phi) is 4.39. The Hall–Kier alpha value is -1.47. The molecule has 2 heterocycles. The molecule has 0 radical (unpaired) electrons. The molecule has 7 heteroatoms. The Labute approximate surface area is 116 Å². The van der Waals surface area contributed by atoms with Gasteiger partial charge in [-0.3, -0.25) is 9.36 Å². The number of hydrogen-bond acceptors (Lipinski definition) is 3. The summed E-state index contributed by atoms with van der Waals surface area (Å²) >= 11 is 0. The number of nitrogens with zero attached hydrogens (tertiary/aromatic N) is 1. The molecule has 0 spiro atoms. The second-order valence-electron chi connectivity index (χ2n) is 5.19. The van der Waals surface area contributed by atoms with Gasteiger partial charge in [-0.2, -0.15) is 8.78 Å². The van der Waals surface area contributed by atoms with Gasteiger partial charge in [0.15, 0.2) is 0 Å². The molecule has 0 bridgehead atoms. The van der Waals surface area contributed by atoms with Gasteiger partial charge in [0, 0.05) is 18.8 Å². The number of aryl methyl sites for hydroxylation is 1. The monoisotopic (exact) mass is 287 g/mol. The van der Waals surface area contributed by atoms with E-state index in [-0.39, 0.29) is 12.2 Å². The third-order valence-electron chi connectivity index (χ3n) is 3.58. The van der Waals surface area contributed by atoms with Gasteiger partial charge in [0.25, 0.3) is 5.91 Å². The molecule has 1 fully saturated rings. The highest BCUT2D eigenvalue weighted by Gasteiger charge is 2.30. The minimum absolute atomic E-state index is 0.0479. The van der Waals surface area contributed by atoms with Crippen LogP contribution < -0.4 is 10.6 Å². The zero-order chi connectivity index (χ0) is 14.8. The first kappa shape index (κ1) is 14.9. The van der Waals surface area contributed by atoms with E-state index >= 15 is 0 Å². The number of nitrogens with one attached hydrogen (secondary N) is 2. The number of rotatable bonds is 4. The molecule has 3 N–H and O–H groups in total. The molecule has 1 amide bonds. The minimum atomic E-state index is -2.76. The maximum atomic E-state index is 12.9. The summed E-state index contributed by atoms with van der Waals surface area (Å²) in [5.41, 5.74) is -0.779. The molecule has 1 aromatic heterocycles. The average molecular weight is 287 g/mol. The van der Waals surface area contributed by atoms with Gasteiger partial charge in [-0.25, -0.2) is 0 Å². The SMILES string of the molecule is Cc1ccc(C(=O)NC[C@]2(O)CCCNC2)n1C(F)F. The number of halogens is 2. The van der Waals surface area contributed by atoms with Crippen molar-refractivity contribution in [1.82, 2.24) is 15.2 Å². The predicted molar refractivity (Wildman–Crippen MR) is 69.8 cm³/mol. The van der Waals surface area contributed by atoms with Crippen molar-refractivity contribution in [2.45, 2.75) is 31.9 Å². The van der Waals surface area contributed by atoms with E-state index in [1.165, 1.54) is 19.1 Å². The zero-order valence-electron chi connectivity index (χ0n) is 11.3. The molecule has 1 aliphatic rings. The third kappa shape index (κ3) is 3.16. The van der Waals surface area contributed by atoms with Crippen molar-refractivity contribution in [2.75, 3.05) is 19.6 Å². The van der Waals surface area contributed by atoms with Crippen LogP contribution in [-0.2, 0) is 0 Å². The van der Waals surface area contributed by atoms with Crippen LogP contribution in [0.3, 0.4) is 0 Å². The Morgan fingerprint density at radius 2 is 2.35 bits per heavy atom. The molecule has 1 saturated heterocycles. The number of aliphatic hydroxyl groups is 1. The van der Waals surface area contributed by atoms with E-state index in [1.807, 2.05) is 0 Å². The molecular weight excluding hydrogens is 268 g/mol. The first-order valence-corrected chi connectivity index (χ1v) is 6.60. The Balaban J connectivity index is 2.02. The van der Waals surface area contributed by atoms with Gasteiger partial charge in [-0.15, -0.1) is 0 Å². The quantitative estimate of drug-likeness (QED) is 0.775. The highest BCUT2D eigenvalue weighted by molar-refractivity contribution is 5.93. The van der Waals surface area contributed by atoms with E-state index in [9.17, 15) is 18.7 Å². The average Bonchev–Trinajstić information content (AvgIpc) is 2.79. The lowest BCUT2D eigenvalue weighted by Gasteiger charge is -2.32. The highest BCUT2D eigenvalue weighted by atomic mass is 19.3. The summed E-state index contributed by atoms with van der Waals surface area (Å²) in [7, 11) is 0. The fourth-order valence-corrected chi connectivity index (χ4v) is 2.43. The van der Waals surface area contributed by atoms with Crippen molar-refractivity contribution in [3.8, 4) is 0 Å². The molecule has 1 aromatic rings. The van der Waals surface area contributed by atoms with E-state index in [4.69, 9.17) is 0 Å². The molecule has 0 unspecified atom stereocenters. The van der Waals surface area contributed by atoms with Gasteiger partial charge < -0.3 is 15.7 Å². The summed E-state index contributed by atoms with van der Waals surface area (Å²) in [4.78, 5) is 12.0. The molecule has 0 saturated carbocycles. The fraction of sp³-hybridized carbons (Fsp3) is 0.615. The lowest BCUT2D eigenvalue weighted by atomic mass is 9.94. The van der Waals surface area contributed by atoms with Crippen LogP contribution in [0.5, 0.6) is 0 Å². The van der Waals surface area contributed by atoms with Crippen LogP contribution in [0.15, 0.2) is 12.1 Å². The van der Waals surface area contributed by atoms with Crippen molar-refractivity contribution >= 4 is 5.91 Å². The van der Waals surface area contributed by atoms with Gasteiger partial charge in [0.1, 0.15) is 5.69 Å². The number of β-amino-alcohol motifs (C(OH)–C–C–N with tert-alkyl or cyclic N) is 1. The lowest BCUT2D eigenvalue weighted by molar-refractivity contribution is 0.0165. The maximum absolute atomic E-state index is 12.9. The second kappa shape index (κ2) is 5.88.